The van der Waals surface area contributed by atoms with Gasteiger partial charge in [0.2, 0.25) is 0 Å². The third kappa shape index (κ3) is 5.66. The molecule has 1 unspecified atom stereocenters. The Hall–Kier alpha value is 0.400. The molecule has 0 bridgehead atoms. The lowest BCUT2D eigenvalue weighted by Crippen LogP contribution is -2.38. The van der Waals surface area contributed by atoms with E-state index in [0.717, 1.165) is 25.0 Å². The molecule has 0 spiro atoms. The zero-order valence-corrected chi connectivity index (χ0v) is 9.81. The summed E-state index contributed by atoms with van der Waals surface area (Å²) < 4.78 is 5.61. The molecule has 1 heterocycles. The van der Waals surface area contributed by atoms with Crippen LogP contribution in [0.5, 0.6) is 0 Å². The molecule has 78 valence electrons. The fraction of sp³-hybridized carbons (Fsp3) is 1.00. The standard InChI is InChI=1S/C10H20BrNO/c11-6-4-2-1-3-5-10-9-12-7-8-13-10/h10,12H,1-9H2. The normalized spacial score (nSPS) is 23.3. The lowest BCUT2D eigenvalue weighted by molar-refractivity contribution is 0.0221. The molecule has 0 aromatic rings. The Morgan fingerprint density at radius 3 is 2.77 bits per heavy atom. The number of hydrogen-bond donors (Lipinski definition) is 1. The molecule has 0 aromatic heterocycles. The third-order valence-corrected chi connectivity index (χ3v) is 2.97. The van der Waals surface area contributed by atoms with Gasteiger partial charge in [0, 0.05) is 18.4 Å². The van der Waals surface area contributed by atoms with Crippen molar-refractivity contribution < 1.29 is 4.74 Å². The van der Waals surface area contributed by atoms with Crippen molar-refractivity contribution in [2.75, 3.05) is 25.0 Å². The first kappa shape index (κ1) is 11.5. The van der Waals surface area contributed by atoms with E-state index in [0.29, 0.717) is 6.10 Å². The maximum atomic E-state index is 5.61. The average Bonchev–Trinajstić information content (AvgIpc) is 2.19. The highest BCUT2D eigenvalue weighted by atomic mass is 79.9. The van der Waals surface area contributed by atoms with Crippen molar-refractivity contribution in [3.05, 3.63) is 0 Å². The molecular weight excluding hydrogens is 230 g/mol. The van der Waals surface area contributed by atoms with Crippen LogP contribution in [-0.2, 0) is 4.74 Å². The van der Waals surface area contributed by atoms with Crippen molar-refractivity contribution in [3.63, 3.8) is 0 Å². The highest BCUT2D eigenvalue weighted by Crippen LogP contribution is 2.09. The predicted molar refractivity (Wildman–Crippen MR) is 59.5 cm³/mol. The van der Waals surface area contributed by atoms with Crippen molar-refractivity contribution in [3.8, 4) is 0 Å². The summed E-state index contributed by atoms with van der Waals surface area (Å²) in [6.07, 6.45) is 7.05. The fourth-order valence-electron chi connectivity index (χ4n) is 1.63. The molecule has 2 nitrogen and oxygen atoms in total. The predicted octanol–water partition coefficient (Wildman–Crippen LogP) is 2.32. The van der Waals surface area contributed by atoms with Gasteiger partial charge in [-0.25, -0.2) is 0 Å². The maximum absolute atomic E-state index is 5.61. The SMILES string of the molecule is BrCCCCCCC1CNCCO1. The quantitative estimate of drug-likeness (QED) is 0.577. The van der Waals surface area contributed by atoms with Gasteiger partial charge in [0.25, 0.3) is 0 Å². The van der Waals surface area contributed by atoms with E-state index >= 15 is 0 Å². The molecule has 3 heteroatoms. The van der Waals surface area contributed by atoms with Crippen molar-refractivity contribution in [2.24, 2.45) is 0 Å². The molecule has 1 atom stereocenters. The van der Waals surface area contributed by atoms with Crippen LogP contribution in [0.15, 0.2) is 0 Å². The van der Waals surface area contributed by atoms with Crippen LogP contribution in [0.2, 0.25) is 0 Å². The number of hydrogen-bond acceptors (Lipinski definition) is 2. The summed E-state index contributed by atoms with van der Waals surface area (Å²) in [6.45, 7) is 2.98. The maximum Gasteiger partial charge on any atom is 0.0700 e. The number of rotatable bonds is 6. The Bertz CT molecular complexity index is 115. The highest BCUT2D eigenvalue weighted by molar-refractivity contribution is 9.09. The van der Waals surface area contributed by atoms with E-state index in [1.807, 2.05) is 0 Å². The third-order valence-electron chi connectivity index (χ3n) is 2.41. The van der Waals surface area contributed by atoms with Crippen LogP contribution < -0.4 is 5.32 Å². The van der Waals surface area contributed by atoms with Gasteiger partial charge in [-0.3, -0.25) is 0 Å². The Labute approximate surface area is 89.5 Å². The van der Waals surface area contributed by atoms with Gasteiger partial charge in [0.15, 0.2) is 0 Å². The minimum atomic E-state index is 0.484. The zero-order chi connectivity index (χ0) is 9.36. The van der Waals surface area contributed by atoms with Crippen LogP contribution in [0, 0.1) is 0 Å². The van der Waals surface area contributed by atoms with Crippen molar-refractivity contribution in [1.82, 2.24) is 5.32 Å². The molecule has 1 aliphatic heterocycles. The minimum Gasteiger partial charge on any atom is -0.376 e. The topological polar surface area (TPSA) is 21.3 Å². The van der Waals surface area contributed by atoms with E-state index in [1.165, 1.54) is 32.1 Å². The van der Waals surface area contributed by atoms with Gasteiger partial charge in [0.05, 0.1) is 12.7 Å². The van der Waals surface area contributed by atoms with E-state index in [-0.39, 0.29) is 0 Å². The summed E-state index contributed by atoms with van der Waals surface area (Å²) in [5.74, 6) is 0. The van der Waals surface area contributed by atoms with E-state index < -0.39 is 0 Å². The average molecular weight is 250 g/mol. The summed E-state index contributed by atoms with van der Waals surface area (Å²) in [6, 6.07) is 0. The summed E-state index contributed by atoms with van der Waals surface area (Å²) >= 11 is 3.44. The van der Waals surface area contributed by atoms with Crippen LogP contribution in [-0.4, -0.2) is 31.1 Å². The lowest BCUT2D eigenvalue weighted by atomic mass is 10.1. The Balaban J connectivity index is 1.86. The van der Waals surface area contributed by atoms with Gasteiger partial charge < -0.3 is 10.1 Å². The van der Waals surface area contributed by atoms with Gasteiger partial charge in [-0.1, -0.05) is 35.2 Å². The molecule has 1 N–H and O–H groups in total. The van der Waals surface area contributed by atoms with Gasteiger partial charge in [-0.2, -0.15) is 0 Å². The monoisotopic (exact) mass is 249 g/mol. The zero-order valence-electron chi connectivity index (χ0n) is 8.23. The van der Waals surface area contributed by atoms with E-state index in [2.05, 4.69) is 21.2 Å². The van der Waals surface area contributed by atoms with Gasteiger partial charge in [-0.15, -0.1) is 0 Å². The Morgan fingerprint density at radius 2 is 2.08 bits per heavy atom. The second-order valence-corrected chi connectivity index (χ2v) is 4.38. The first-order chi connectivity index (χ1) is 6.43. The molecule has 1 saturated heterocycles. The Kier molecular flexibility index (Phi) is 6.86. The fourth-order valence-corrected chi connectivity index (χ4v) is 2.02. The van der Waals surface area contributed by atoms with Crippen LogP contribution >= 0.6 is 15.9 Å². The molecule has 0 saturated carbocycles. The summed E-state index contributed by atoms with van der Waals surface area (Å²) in [7, 11) is 0. The number of ether oxygens (including phenoxy) is 1. The summed E-state index contributed by atoms with van der Waals surface area (Å²) in [5.41, 5.74) is 0. The molecule has 0 radical (unpaired) electrons. The summed E-state index contributed by atoms with van der Waals surface area (Å²) in [4.78, 5) is 0. The first-order valence-electron chi connectivity index (χ1n) is 5.32. The van der Waals surface area contributed by atoms with E-state index in [9.17, 15) is 0 Å². The van der Waals surface area contributed by atoms with Crippen LogP contribution in [0.4, 0.5) is 0 Å². The number of alkyl halides is 1. The number of unbranched alkanes of at least 4 members (excludes halogenated alkanes) is 3. The molecule has 0 amide bonds. The van der Waals surface area contributed by atoms with Crippen molar-refractivity contribution in [1.29, 1.82) is 0 Å². The second kappa shape index (κ2) is 7.77. The van der Waals surface area contributed by atoms with Crippen LogP contribution in [0.1, 0.15) is 32.1 Å². The van der Waals surface area contributed by atoms with Gasteiger partial charge in [0.1, 0.15) is 0 Å². The molecule has 1 fully saturated rings. The molecule has 0 aromatic carbocycles. The van der Waals surface area contributed by atoms with Crippen molar-refractivity contribution in [2.45, 2.75) is 38.2 Å². The molecule has 13 heavy (non-hydrogen) atoms. The summed E-state index contributed by atoms with van der Waals surface area (Å²) in [5, 5.41) is 4.50. The number of morpholine rings is 1. The second-order valence-electron chi connectivity index (χ2n) is 3.59. The number of nitrogens with one attached hydrogen (secondary N) is 1. The largest absolute Gasteiger partial charge is 0.376 e. The van der Waals surface area contributed by atoms with Gasteiger partial charge in [-0.05, 0) is 12.8 Å². The Morgan fingerprint density at radius 1 is 1.23 bits per heavy atom. The van der Waals surface area contributed by atoms with Crippen LogP contribution in [0.25, 0.3) is 0 Å². The highest BCUT2D eigenvalue weighted by Gasteiger charge is 2.11. The smallest absolute Gasteiger partial charge is 0.0700 e. The molecular formula is C10H20BrNO. The molecule has 1 rings (SSSR count). The van der Waals surface area contributed by atoms with Crippen LogP contribution in [0.3, 0.4) is 0 Å². The molecule has 0 aliphatic carbocycles. The lowest BCUT2D eigenvalue weighted by Gasteiger charge is -2.23. The molecule has 1 aliphatic rings. The van der Waals surface area contributed by atoms with Gasteiger partial charge >= 0.3 is 0 Å². The van der Waals surface area contributed by atoms with Crippen molar-refractivity contribution >= 4 is 15.9 Å². The number of halogens is 1. The first-order valence-corrected chi connectivity index (χ1v) is 6.44. The minimum absolute atomic E-state index is 0.484. The van der Waals surface area contributed by atoms with E-state index in [4.69, 9.17) is 4.74 Å². The van der Waals surface area contributed by atoms with E-state index in [1.54, 1.807) is 0 Å².